The topological polar surface area (TPSA) is 42.8 Å². The smallest absolute Gasteiger partial charge is 0.178 e. The molecular formula is C16H17N3OS. The molecule has 2 heterocycles. The molecule has 0 unspecified atom stereocenters. The van der Waals surface area contributed by atoms with E-state index in [-0.39, 0.29) is 6.10 Å². The highest BCUT2D eigenvalue weighted by molar-refractivity contribution is 7.71. The van der Waals surface area contributed by atoms with Gasteiger partial charge < -0.3 is 14.3 Å². The largest absolute Gasteiger partial charge is 0.489 e. The van der Waals surface area contributed by atoms with Crippen molar-refractivity contribution in [2.24, 2.45) is 0 Å². The predicted octanol–water partition coefficient (Wildman–Crippen LogP) is 3.93. The third-order valence-corrected chi connectivity index (χ3v) is 3.50. The van der Waals surface area contributed by atoms with Gasteiger partial charge in [-0.25, -0.2) is 0 Å². The van der Waals surface area contributed by atoms with Crippen LogP contribution in [-0.4, -0.2) is 20.6 Å². The zero-order chi connectivity index (χ0) is 14.8. The number of ether oxygens (including phenoxy) is 1. The molecule has 0 fully saturated rings. The van der Waals surface area contributed by atoms with Gasteiger partial charge in [0.25, 0.3) is 0 Å². The number of pyridine rings is 1. The highest BCUT2D eigenvalue weighted by Gasteiger charge is 2.10. The number of nitrogens with one attached hydrogen (secondary N) is 1. The highest BCUT2D eigenvalue weighted by atomic mass is 32.1. The van der Waals surface area contributed by atoms with Crippen molar-refractivity contribution in [3.63, 3.8) is 0 Å². The number of benzene rings is 1. The minimum atomic E-state index is 0.122. The zero-order valence-corrected chi connectivity index (χ0v) is 12.9. The number of nitrogens with zero attached hydrogens (tertiary/aromatic N) is 2. The van der Waals surface area contributed by atoms with Gasteiger partial charge in [0.2, 0.25) is 0 Å². The van der Waals surface area contributed by atoms with Gasteiger partial charge in [0.1, 0.15) is 11.3 Å². The van der Waals surface area contributed by atoms with Crippen molar-refractivity contribution >= 4 is 23.3 Å². The number of hydrogen-bond donors (Lipinski definition) is 1. The molecule has 0 bridgehead atoms. The van der Waals surface area contributed by atoms with Crippen LogP contribution in [0.3, 0.4) is 0 Å². The van der Waals surface area contributed by atoms with Crippen LogP contribution in [0.25, 0.3) is 11.0 Å². The second-order valence-electron chi connectivity index (χ2n) is 5.15. The highest BCUT2D eigenvalue weighted by Crippen LogP contribution is 2.26. The second kappa shape index (κ2) is 5.69. The van der Waals surface area contributed by atoms with Gasteiger partial charge in [0.15, 0.2) is 4.77 Å². The maximum Gasteiger partial charge on any atom is 0.178 e. The van der Waals surface area contributed by atoms with Crippen LogP contribution in [0.2, 0.25) is 0 Å². The van der Waals surface area contributed by atoms with E-state index >= 15 is 0 Å². The van der Waals surface area contributed by atoms with E-state index in [1.807, 2.05) is 54.8 Å². The summed E-state index contributed by atoms with van der Waals surface area (Å²) >= 11 is 5.45. The number of imidazole rings is 1. The molecule has 0 radical (unpaired) electrons. The Labute approximate surface area is 128 Å². The molecule has 2 aromatic heterocycles. The van der Waals surface area contributed by atoms with E-state index in [0.29, 0.717) is 11.3 Å². The molecule has 3 aromatic rings. The van der Waals surface area contributed by atoms with Crippen LogP contribution in [-0.2, 0) is 6.54 Å². The quantitative estimate of drug-likeness (QED) is 0.742. The fraction of sp³-hybridized carbons (Fsp3) is 0.250. The number of hydrogen-bond acceptors (Lipinski definition) is 3. The van der Waals surface area contributed by atoms with Gasteiger partial charge in [0, 0.05) is 6.20 Å². The third-order valence-electron chi connectivity index (χ3n) is 3.18. The molecule has 108 valence electrons. The standard InChI is InChI=1S/C16H17N3OS/c1-11(2)20-14-8-5-7-13-15(14)18-16(21)19(13)10-12-6-3-4-9-17-12/h3-9,11H,10H2,1-2H3,(H,18,21). The average Bonchev–Trinajstić information content (AvgIpc) is 2.77. The molecule has 5 heteroatoms. The van der Waals surface area contributed by atoms with Crippen LogP contribution in [0.5, 0.6) is 5.75 Å². The van der Waals surface area contributed by atoms with E-state index in [0.717, 1.165) is 22.5 Å². The van der Waals surface area contributed by atoms with Crippen LogP contribution < -0.4 is 4.74 Å². The zero-order valence-electron chi connectivity index (χ0n) is 12.0. The fourth-order valence-electron chi connectivity index (χ4n) is 2.32. The van der Waals surface area contributed by atoms with Crippen LogP contribution in [0.4, 0.5) is 0 Å². The molecular weight excluding hydrogens is 282 g/mol. The molecule has 0 saturated carbocycles. The van der Waals surface area contributed by atoms with E-state index in [2.05, 4.69) is 9.97 Å². The van der Waals surface area contributed by atoms with E-state index < -0.39 is 0 Å². The van der Waals surface area contributed by atoms with Crippen molar-refractivity contribution < 1.29 is 4.74 Å². The third kappa shape index (κ3) is 2.83. The van der Waals surface area contributed by atoms with Crippen LogP contribution in [0, 0.1) is 4.77 Å². The molecule has 0 aliphatic heterocycles. The van der Waals surface area contributed by atoms with Gasteiger partial charge in [-0.15, -0.1) is 0 Å². The van der Waals surface area contributed by atoms with E-state index in [1.165, 1.54) is 0 Å². The minimum Gasteiger partial charge on any atom is -0.489 e. The number of para-hydroxylation sites is 1. The predicted molar refractivity (Wildman–Crippen MR) is 86.2 cm³/mol. The Bertz CT molecular complexity index is 805. The van der Waals surface area contributed by atoms with Crippen LogP contribution >= 0.6 is 12.2 Å². The molecule has 1 aromatic carbocycles. The molecule has 21 heavy (non-hydrogen) atoms. The van der Waals surface area contributed by atoms with Gasteiger partial charge in [-0.1, -0.05) is 12.1 Å². The van der Waals surface area contributed by atoms with Crippen LogP contribution in [0.15, 0.2) is 42.6 Å². The first-order valence-electron chi connectivity index (χ1n) is 6.93. The molecule has 0 saturated heterocycles. The van der Waals surface area contributed by atoms with E-state index in [4.69, 9.17) is 17.0 Å². The van der Waals surface area contributed by atoms with Gasteiger partial charge in [-0.2, -0.15) is 0 Å². The number of aromatic nitrogens is 3. The summed E-state index contributed by atoms with van der Waals surface area (Å²) in [6, 6.07) is 11.9. The fourth-order valence-corrected chi connectivity index (χ4v) is 2.58. The Morgan fingerprint density at radius 2 is 2.10 bits per heavy atom. The second-order valence-corrected chi connectivity index (χ2v) is 5.54. The van der Waals surface area contributed by atoms with Crippen molar-refractivity contribution in [2.75, 3.05) is 0 Å². The van der Waals surface area contributed by atoms with Crippen molar-refractivity contribution in [2.45, 2.75) is 26.5 Å². The van der Waals surface area contributed by atoms with Crippen molar-refractivity contribution in [1.82, 2.24) is 14.5 Å². The van der Waals surface area contributed by atoms with Crippen molar-refractivity contribution in [3.05, 3.63) is 53.1 Å². The summed E-state index contributed by atoms with van der Waals surface area (Å²) in [5.74, 6) is 0.827. The maximum atomic E-state index is 5.84. The van der Waals surface area contributed by atoms with E-state index in [9.17, 15) is 0 Å². The molecule has 0 atom stereocenters. The number of aromatic amines is 1. The Balaban J connectivity index is 2.08. The average molecular weight is 299 g/mol. The Morgan fingerprint density at radius 1 is 1.24 bits per heavy atom. The number of rotatable bonds is 4. The normalized spacial score (nSPS) is 11.2. The van der Waals surface area contributed by atoms with Gasteiger partial charge in [0.05, 0.1) is 23.9 Å². The number of fused-ring (bicyclic) bond motifs is 1. The lowest BCUT2D eigenvalue weighted by Crippen LogP contribution is -2.06. The summed E-state index contributed by atoms with van der Waals surface area (Å²) < 4.78 is 8.56. The molecule has 1 N–H and O–H groups in total. The lowest BCUT2D eigenvalue weighted by Gasteiger charge is -2.10. The first kappa shape index (κ1) is 13.8. The lowest BCUT2D eigenvalue weighted by molar-refractivity contribution is 0.245. The molecule has 0 spiro atoms. The molecule has 0 aliphatic rings. The number of H-pyrrole nitrogens is 1. The van der Waals surface area contributed by atoms with Gasteiger partial charge >= 0.3 is 0 Å². The first-order chi connectivity index (χ1) is 10.1. The summed E-state index contributed by atoms with van der Waals surface area (Å²) in [6.45, 7) is 4.67. The summed E-state index contributed by atoms with van der Waals surface area (Å²) in [4.78, 5) is 7.61. The van der Waals surface area contributed by atoms with Crippen molar-refractivity contribution in [3.8, 4) is 5.75 Å². The van der Waals surface area contributed by atoms with Crippen LogP contribution in [0.1, 0.15) is 19.5 Å². The molecule has 4 nitrogen and oxygen atoms in total. The minimum absolute atomic E-state index is 0.122. The molecule has 0 amide bonds. The van der Waals surface area contributed by atoms with Crippen molar-refractivity contribution in [1.29, 1.82) is 0 Å². The summed E-state index contributed by atoms with van der Waals surface area (Å²) in [5, 5.41) is 0. The Hall–Kier alpha value is -2.14. The maximum absolute atomic E-state index is 5.84. The Kier molecular flexibility index (Phi) is 3.75. The molecule has 3 rings (SSSR count). The first-order valence-corrected chi connectivity index (χ1v) is 7.34. The van der Waals surface area contributed by atoms with Gasteiger partial charge in [-0.05, 0) is 50.3 Å². The van der Waals surface area contributed by atoms with E-state index in [1.54, 1.807) is 6.20 Å². The Morgan fingerprint density at radius 3 is 2.81 bits per heavy atom. The summed E-state index contributed by atoms with van der Waals surface area (Å²) in [6.07, 6.45) is 1.91. The van der Waals surface area contributed by atoms with Gasteiger partial charge in [-0.3, -0.25) is 4.98 Å². The summed E-state index contributed by atoms with van der Waals surface area (Å²) in [5.41, 5.74) is 2.95. The monoisotopic (exact) mass is 299 g/mol. The molecule has 0 aliphatic carbocycles. The lowest BCUT2D eigenvalue weighted by atomic mass is 10.2. The summed E-state index contributed by atoms with van der Waals surface area (Å²) in [7, 11) is 0. The SMILES string of the molecule is CC(C)Oc1cccc2c1[nH]c(=S)n2Cc1ccccn1.